The van der Waals surface area contributed by atoms with Crippen LogP contribution >= 0.6 is 11.3 Å². The molecular weight excluding hydrogens is 435 g/mol. The number of hydrogen-bond donors (Lipinski definition) is 0. The van der Waals surface area contributed by atoms with Crippen molar-refractivity contribution in [2.75, 3.05) is 24.5 Å². The topological polar surface area (TPSA) is 29.5 Å². The van der Waals surface area contributed by atoms with Crippen LogP contribution in [0.3, 0.4) is 0 Å². The Bertz CT molecular complexity index is 1080. The van der Waals surface area contributed by atoms with Gasteiger partial charge in [-0.2, -0.15) is 11.3 Å². The average molecular weight is 466 g/mol. The molecule has 1 aromatic heterocycles. The molecule has 0 radical (unpaired) electrons. The van der Waals surface area contributed by atoms with Crippen LogP contribution in [-0.4, -0.2) is 36.3 Å². The highest BCUT2D eigenvalue weighted by Gasteiger charge is 2.50. The molecule has 33 heavy (non-hydrogen) atoms. The van der Waals surface area contributed by atoms with E-state index >= 15 is 0 Å². The molecular formula is C27H30FN2O2S+. The van der Waals surface area contributed by atoms with E-state index in [2.05, 4.69) is 37.3 Å². The molecule has 6 rings (SSSR count). The zero-order valence-electron chi connectivity index (χ0n) is 18.9. The van der Waals surface area contributed by atoms with Crippen LogP contribution in [0.5, 0.6) is 0 Å². The Labute approximate surface area is 198 Å². The van der Waals surface area contributed by atoms with Gasteiger partial charge in [0.05, 0.1) is 25.3 Å². The molecule has 6 heteroatoms. The third-order valence-corrected chi connectivity index (χ3v) is 8.31. The number of amides is 1. The van der Waals surface area contributed by atoms with Gasteiger partial charge in [-0.3, -0.25) is 4.90 Å². The molecule has 0 saturated carbocycles. The first-order chi connectivity index (χ1) is 16.0. The van der Waals surface area contributed by atoms with E-state index in [4.69, 9.17) is 4.74 Å². The van der Waals surface area contributed by atoms with Gasteiger partial charge < -0.3 is 9.22 Å². The number of nitrogens with zero attached hydrogens (tertiary/aromatic N) is 2. The standard InChI is InChI=1S/C27H30FN2O2S/c1-20(22-6-3-2-4-7-22)30-13-10-23(11-14-30)26(18-30)32-27(31)29(17-21-12-15-33-19-21)25-9-5-8-24(28)16-25/h2-9,12,15-16,19-20,23,26H,10-11,13-14,17-18H2,1H3/q+1/t20?,23?,26-,30?/m0/s1. The lowest BCUT2D eigenvalue weighted by molar-refractivity contribution is -0.972. The summed E-state index contributed by atoms with van der Waals surface area (Å²) in [4.78, 5) is 15.0. The summed E-state index contributed by atoms with van der Waals surface area (Å²) in [7, 11) is 0. The van der Waals surface area contributed by atoms with Crippen LogP contribution in [0.4, 0.5) is 14.9 Å². The first-order valence-electron chi connectivity index (χ1n) is 11.7. The lowest BCUT2D eigenvalue weighted by Gasteiger charge is -2.55. The van der Waals surface area contributed by atoms with Crippen molar-refractivity contribution < 1.29 is 18.4 Å². The lowest BCUT2D eigenvalue weighted by atomic mass is 9.81. The van der Waals surface area contributed by atoms with Crippen molar-refractivity contribution in [3.8, 4) is 0 Å². The Balaban J connectivity index is 1.36. The van der Waals surface area contributed by atoms with E-state index in [1.165, 1.54) is 17.7 Å². The minimum Gasteiger partial charge on any atom is -0.440 e. The Morgan fingerprint density at radius 3 is 2.64 bits per heavy atom. The number of fused-ring (bicyclic) bond motifs is 3. The number of rotatable bonds is 6. The van der Waals surface area contributed by atoms with Gasteiger partial charge in [0.25, 0.3) is 0 Å². The van der Waals surface area contributed by atoms with Crippen LogP contribution < -0.4 is 4.90 Å². The van der Waals surface area contributed by atoms with Crippen molar-refractivity contribution in [1.29, 1.82) is 0 Å². The summed E-state index contributed by atoms with van der Waals surface area (Å²) in [5.41, 5.74) is 2.87. The third kappa shape index (κ3) is 4.55. The van der Waals surface area contributed by atoms with Crippen molar-refractivity contribution in [2.45, 2.75) is 38.5 Å². The highest BCUT2D eigenvalue weighted by molar-refractivity contribution is 7.07. The van der Waals surface area contributed by atoms with E-state index in [1.54, 1.807) is 28.4 Å². The first-order valence-corrected chi connectivity index (χ1v) is 12.6. The smallest absolute Gasteiger partial charge is 0.415 e. The Hall–Kier alpha value is -2.70. The van der Waals surface area contributed by atoms with Crippen molar-refractivity contribution in [3.05, 3.63) is 88.4 Å². The van der Waals surface area contributed by atoms with Crippen LogP contribution in [0, 0.1) is 11.7 Å². The molecule has 172 valence electrons. The minimum absolute atomic E-state index is 0.121. The number of carbonyl (C=O) groups is 1. The summed E-state index contributed by atoms with van der Waals surface area (Å²) < 4.78 is 21.1. The number of hydrogen-bond acceptors (Lipinski definition) is 3. The second-order valence-corrected chi connectivity index (χ2v) is 10.2. The number of carbonyl (C=O) groups excluding carboxylic acids is 1. The maximum atomic E-state index is 14.0. The molecule has 4 nitrogen and oxygen atoms in total. The summed E-state index contributed by atoms with van der Waals surface area (Å²) in [6, 6.07) is 19.2. The highest BCUT2D eigenvalue weighted by atomic mass is 32.1. The number of thiophene rings is 1. The second kappa shape index (κ2) is 9.27. The number of benzene rings is 2. The van der Waals surface area contributed by atoms with Gasteiger partial charge in [-0.25, -0.2) is 9.18 Å². The molecule has 3 fully saturated rings. The fourth-order valence-corrected chi connectivity index (χ4v) is 6.21. The van der Waals surface area contributed by atoms with Crippen LogP contribution in [-0.2, 0) is 11.3 Å². The van der Waals surface area contributed by atoms with E-state index in [-0.39, 0.29) is 11.9 Å². The quantitative estimate of drug-likeness (QED) is 0.394. The molecule has 0 N–H and O–H groups in total. The summed E-state index contributed by atoms with van der Waals surface area (Å²) in [6.45, 7) is 5.75. The van der Waals surface area contributed by atoms with E-state index in [1.807, 2.05) is 16.8 Å². The summed E-state index contributed by atoms with van der Waals surface area (Å²) >= 11 is 1.58. The van der Waals surface area contributed by atoms with Crippen LogP contribution in [0.2, 0.25) is 0 Å². The summed E-state index contributed by atoms with van der Waals surface area (Å²) in [5, 5.41) is 3.99. The molecule has 2 atom stereocenters. The van der Waals surface area contributed by atoms with E-state index in [0.29, 0.717) is 24.2 Å². The maximum absolute atomic E-state index is 14.0. The monoisotopic (exact) mass is 465 g/mol. The van der Waals surface area contributed by atoms with Gasteiger partial charge in [0, 0.05) is 24.3 Å². The van der Waals surface area contributed by atoms with Crippen molar-refractivity contribution in [2.24, 2.45) is 5.92 Å². The lowest BCUT2D eigenvalue weighted by Crippen LogP contribution is -2.65. The zero-order chi connectivity index (χ0) is 22.8. The fourth-order valence-electron chi connectivity index (χ4n) is 5.55. The molecule has 0 spiro atoms. The van der Waals surface area contributed by atoms with Crippen molar-refractivity contribution >= 4 is 23.1 Å². The normalized spacial score (nSPS) is 24.9. The van der Waals surface area contributed by atoms with Crippen molar-refractivity contribution in [3.63, 3.8) is 0 Å². The number of quaternary nitrogens is 1. The highest BCUT2D eigenvalue weighted by Crippen LogP contribution is 2.42. The second-order valence-electron chi connectivity index (χ2n) is 9.39. The molecule has 3 aromatic rings. The minimum atomic E-state index is -0.393. The third-order valence-electron chi connectivity index (χ3n) is 7.58. The SMILES string of the molecule is CC(c1ccccc1)[N+]12CCC(CC1)[C@@H](OC(=O)N(Cc1ccsc1)c1cccc(F)c1)C2. The summed E-state index contributed by atoms with van der Waals surface area (Å²) in [6.07, 6.45) is 1.62. The predicted octanol–water partition coefficient (Wildman–Crippen LogP) is 6.40. The molecule has 4 heterocycles. The van der Waals surface area contributed by atoms with Gasteiger partial charge in [0.1, 0.15) is 18.4 Å². The summed E-state index contributed by atoms with van der Waals surface area (Å²) in [5.74, 6) is 0.0343. The van der Waals surface area contributed by atoms with Gasteiger partial charge >= 0.3 is 6.09 Å². The van der Waals surface area contributed by atoms with Gasteiger partial charge in [0.2, 0.25) is 0 Å². The van der Waals surface area contributed by atoms with Gasteiger partial charge in [-0.1, -0.05) is 36.4 Å². The van der Waals surface area contributed by atoms with Gasteiger partial charge in [0.15, 0.2) is 6.10 Å². The molecule has 3 aliphatic rings. The molecule has 3 saturated heterocycles. The molecule has 2 bridgehead atoms. The largest absolute Gasteiger partial charge is 0.440 e. The first kappa shape index (κ1) is 22.1. The van der Waals surface area contributed by atoms with Crippen LogP contribution in [0.1, 0.15) is 36.9 Å². The van der Waals surface area contributed by atoms with E-state index < -0.39 is 6.09 Å². The molecule has 3 aliphatic heterocycles. The molecule has 2 aromatic carbocycles. The molecule has 0 aliphatic carbocycles. The Morgan fingerprint density at radius 1 is 1.15 bits per heavy atom. The zero-order valence-corrected chi connectivity index (χ0v) is 19.7. The number of ether oxygens (including phenoxy) is 1. The van der Waals surface area contributed by atoms with E-state index in [9.17, 15) is 9.18 Å². The molecule has 1 unspecified atom stereocenters. The van der Waals surface area contributed by atoms with E-state index in [0.717, 1.165) is 42.5 Å². The number of halogens is 1. The van der Waals surface area contributed by atoms with Crippen LogP contribution in [0.25, 0.3) is 0 Å². The maximum Gasteiger partial charge on any atom is 0.415 e. The number of anilines is 1. The number of piperidine rings is 3. The van der Waals surface area contributed by atoms with Crippen molar-refractivity contribution in [1.82, 2.24) is 0 Å². The van der Waals surface area contributed by atoms with Crippen LogP contribution in [0.15, 0.2) is 71.4 Å². The average Bonchev–Trinajstić information content (AvgIpc) is 3.37. The Morgan fingerprint density at radius 2 is 1.94 bits per heavy atom. The predicted molar refractivity (Wildman–Crippen MR) is 130 cm³/mol. The van der Waals surface area contributed by atoms with Gasteiger partial charge in [-0.05, 0) is 47.5 Å². The Kier molecular flexibility index (Phi) is 6.21. The van der Waals surface area contributed by atoms with Gasteiger partial charge in [-0.15, -0.1) is 0 Å². The molecule has 1 amide bonds. The fraction of sp³-hybridized carbons (Fsp3) is 0.370.